The predicted octanol–water partition coefficient (Wildman–Crippen LogP) is 3.08. The van der Waals surface area contributed by atoms with Gasteiger partial charge in [0.25, 0.3) is 0 Å². The first kappa shape index (κ1) is 19.5. The van der Waals surface area contributed by atoms with Crippen molar-refractivity contribution in [2.75, 3.05) is 48.0 Å². The van der Waals surface area contributed by atoms with Gasteiger partial charge in [0.15, 0.2) is 0 Å². The molecule has 0 aliphatic carbocycles. The molecule has 2 heterocycles. The minimum atomic E-state index is -0.341. The Hall–Kier alpha value is -2.86. The summed E-state index contributed by atoms with van der Waals surface area (Å²) in [5.41, 5.74) is 3.93. The summed E-state index contributed by atoms with van der Waals surface area (Å²) in [5.74, 6) is -0.436. The van der Waals surface area contributed by atoms with Gasteiger partial charge < -0.3 is 19.9 Å². The van der Waals surface area contributed by atoms with Gasteiger partial charge in [-0.25, -0.2) is 0 Å². The molecule has 2 fully saturated rings. The highest BCUT2D eigenvalue weighted by Crippen LogP contribution is 2.29. The Labute approximate surface area is 171 Å². The van der Waals surface area contributed by atoms with Gasteiger partial charge in [0.05, 0.1) is 19.1 Å². The summed E-state index contributed by atoms with van der Waals surface area (Å²) < 4.78 is 5.39. The number of carbonyl (C=O) groups excluding carboxylic acids is 2. The number of amides is 2. The maximum atomic E-state index is 12.8. The zero-order valence-electron chi connectivity index (χ0n) is 16.8. The smallest absolute Gasteiger partial charge is 0.229 e. The van der Waals surface area contributed by atoms with Crippen LogP contribution in [0.1, 0.15) is 18.9 Å². The summed E-state index contributed by atoms with van der Waals surface area (Å²) in [5, 5.41) is 2.97. The van der Waals surface area contributed by atoms with E-state index in [1.165, 1.54) is 0 Å². The number of morpholine rings is 1. The Morgan fingerprint density at radius 1 is 1.10 bits per heavy atom. The third kappa shape index (κ3) is 4.27. The molecule has 2 saturated heterocycles. The van der Waals surface area contributed by atoms with Gasteiger partial charge in [-0.2, -0.15) is 0 Å². The van der Waals surface area contributed by atoms with Crippen LogP contribution in [0, 0.1) is 5.92 Å². The highest BCUT2D eigenvalue weighted by Gasteiger charge is 2.35. The normalized spacial score (nSPS) is 19.5. The number of benzene rings is 2. The van der Waals surface area contributed by atoms with Crippen LogP contribution in [0.2, 0.25) is 0 Å². The highest BCUT2D eigenvalue weighted by atomic mass is 16.5. The molecule has 6 nitrogen and oxygen atoms in total. The molecule has 29 heavy (non-hydrogen) atoms. The molecule has 0 unspecified atom stereocenters. The number of para-hydroxylation sites is 1. The first-order valence-corrected chi connectivity index (χ1v) is 10.3. The largest absolute Gasteiger partial charge is 0.378 e. The zero-order chi connectivity index (χ0) is 20.2. The lowest BCUT2D eigenvalue weighted by Crippen LogP contribution is -2.36. The Kier molecular flexibility index (Phi) is 5.81. The SMILES string of the molecule is CCc1ccccc1N1C[C@@H](C(=O)Nc2ccc(N3CCOCC3)cc2)CC1=O. The molecule has 2 amide bonds. The van der Waals surface area contributed by atoms with Crippen LogP contribution in [0.3, 0.4) is 0 Å². The second-order valence-electron chi connectivity index (χ2n) is 7.52. The third-order valence-corrected chi connectivity index (χ3v) is 5.67. The number of aryl methyl sites for hydroxylation is 1. The summed E-state index contributed by atoms with van der Waals surface area (Å²) in [6.45, 7) is 5.74. The van der Waals surface area contributed by atoms with Gasteiger partial charge in [0, 0.05) is 43.1 Å². The number of anilines is 3. The molecule has 152 valence electrons. The molecule has 0 bridgehead atoms. The summed E-state index contributed by atoms with van der Waals surface area (Å²) in [6.07, 6.45) is 1.10. The van der Waals surface area contributed by atoms with Gasteiger partial charge in [-0.1, -0.05) is 25.1 Å². The summed E-state index contributed by atoms with van der Waals surface area (Å²) >= 11 is 0. The van der Waals surface area contributed by atoms with E-state index in [9.17, 15) is 9.59 Å². The summed E-state index contributed by atoms with van der Waals surface area (Å²) in [4.78, 5) is 29.3. The van der Waals surface area contributed by atoms with E-state index in [-0.39, 0.29) is 24.2 Å². The van der Waals surface area contributed by atoms with Crippen molar-refractivity contribution in [1.82, 2.24) is 0 Å². The quantitative estimate of drug-likeness (QED) is 0.848. The average Bonchev–Trinajstić information content (AvgIpc) is 3.16. The Bertz CT molecular complexity index is 875. The second-order valence-corrected chi connectivity index (χ2v) is 7.52. The van der Waals surface area contributed by atoms with Crippen LogP contribution in [0.5, 0.6) is 0 Å². The third-order valence-electron chi connectivity index (χ3n) is 5.67. The lowest BCUT2D eigenvalue weighted by atomic mass is 10.1. The van der Waals surface area contributed by atoms with Crippen LogP contribution in [-0.2, 0) is 20.7 Å². The number of hydrogen-bond donors (Lipinski definition) is 1. The molecule has 0 saturated carbocycles. The topological polar surface area (TPSA) is 61.9 Å². The van der Waals surface area contributed by atoms with E-state index in [1.54, 1.807) is 4.90 Å². The first-order chi connectivity index (χ1) is 14.2. The second kappa shape index (κ2) is 8.66. The molecule has 0 aromatic heterocycles. The van der Waals surface area contributed by atoms with Gasteiger partial charge in [-0.3, -0.25) is 9.59 Å². The average molecular weight is 393 g/mol. The maximum absolute atomic E-state index is 12.8. The van der Waals surface area contributed by atoms with Crippen LogP contribution >= 0.6 is 0 Å². The van der Waals surface area contributed by atoms with E-state index in [0.717, 1.165) is 55.3 Å². The van der Waals surface area contributed by atoms with Gasteiger partial charge in [-0.05, 0) is 42.3 Å². The van der Waals surface area contributed by atoms with Crippen molar-refractivity contribution in [3.05, 3.63) is 54.1 Å². The molecular formula is C23H27N3O3. The van der Waals surface area contributed by atoms with Crippen LogP contribution in [0.4, 0.5) is 17.1 Å². The van der Waals surface area contributed by atoms with E-state index >= 15 is 0 Å². The molecule has 6 heteroatoms. The van der Waals surface area contributed by atoms with E-state index < -0.39 is 0 Å². The van der Waals surface area contributed by atoms with Crippen molar-refractivity contribution in [2.45, 2.75) is 19.8 Å². The van der Waals surface area contributed by atoms with Crippen LogP contribution < -0.4 is 15.1 Å². The fourth-order valence-electron chi connectivity index (χ4n) is 4.01. The number of ether oxygens (including phenoxy) is 1. The first-order valence-electron chi connectivity index (χ1n) is 10.3. The molecule has 2 aliphatic rings. The number of hydrogen-bond acceptors (Lipinski definition) is 4. The van der Waals surface area contributed by atoms with Crippen molar-refractivity contribution in [1.29, 1.82) is 0 Å². The molecule has 2 aliphatic heterocycles. The lowest BCUT2D eigenvalue weighted by Gasteiger charge is -2.28. The Morgan fingerprint density at radius 2 is 1.83 bits per heavy atom. The number of nitrogens with one attached hydrogen (secondary N) is 1. The van der Waals surface area contributed by atoms with Gasteiger partial charge >= 0.3 is 0 Å². The van der Waals surface area contributed by atoms with Crippen LogP contribution in [-0.4, -0.2) is 44.7 Å². The van der Waals surface area contributed by atoms with E-state index in [1.807, 2.05) is 48.5 Å². The molecule has 1 N–H and O–H groups in total. The monoisotopic (exact) mass is 393 g/mol. The molecule has 0 radical (unpaired) electrons. The lowest BCUT2D eigenvalue weighted by molar-refractivity contribution is -0.122. The fourth-order valence-corrected chi connectivity index (χ4v) is 4.01. The van der Waals surface area contributed by atoms with Gasteiger partial charge in [0.1, 0.15) is 0 Å². The summed E-state index contributed by atoms with van der Waals surface area (Å²) in [6, 6.07) is 15.8. The van der Waals surface area contributed by atoms with Crippen molar-refractivity contribution >= 4 is 28.9 Å². The van der Waals surface area contributed by atoms with Crippen LogP contribution in [0.15, 0.2) is 48.5 Å². The van der Waals surface area contributed by atoms with Crippen molar-refractivity contribution in [3.8, 4) is 0 Å². The maximum Gasteiger partial charge on any atom is 0.229 e. The predicted molar refractivity (Wildman–Crippen MR) is 114 cm³/mol. The minimum absolute atomic E-state index is 0.00807. The standard InChI is InChI=1S/C23H27N3O3/c1-2-17-5-3-4-6-21(17)26-16-18(15-22(26)27)23(28)24-19-7-9-20(10-8-19)25-11-13-29-14-12-25/h3-10,18H,2,11-16H2,1H3,(H,24,28)/t18-/m0/s1. The zero-order valence-corrected chi connectivity index (χ0v) is 16.8. The summed E-state index contributed by atoms with van der Waals surface area (Å²) in [7, 11) is 0. The van der Waals surface area contributed by atoms with Gasteiger partial charge in [0.2, 0.25) is 11.8 Å². The van der Waals surface area contributed by atoms with Crippen LogP contribution in [0.25, 0.3) is 0 Å². The minimum Gasteiger partial charge on any atom is -0.378 e. The molecule has 2 aromatic rings. The number of nitrogens with zero attached hydrogens (tertiary/aromatic N) is 2. The number of rotatable bonds is 5. The molecule has 0 spiro atoms. The van der Waals surface area contributed by atoms with E-state index in [2.05, 4.69) is 17.1 Å². The van der Waals surface area contributed by atoms with E-state index in [0.29, 0.717) is 6.54 Å². The molecular weight excluding hydrogens is 366 g/mol. The van der Waals surface area contributed by atoms with Crippen molar-refractivity contribution < 1.29 is 14.3 Å². The van der Waals surface area contributed by atoms with Crippen molar-refractivity contribution in [2.24, 2.45) is 5.92 Å². The fraction of sp³-hybridized carbons (Fsp3) is 0.391. The highest BCUT2D eigenvalue weighted by molar-refractivity contribution is 6.03. The van der Waals surface area contributed by atoms with Gasteiger partial charge in [-0.15, -0.1) is 0 Å². The molecule has 4 rings (SSSR count). The Morgan fingerprint density at radius 3 is 2.55 bits per heavy atom. The molecule has 2 aromatic carbocycles. The number of carbonyl (C=O) groups is 2. The van der Waals surface area contributed by atoms with Crippen molar-refractivity contribution in [3.63, 3.8) is 0 Å². The Balaban J connectivity index is 1.39. The molecule has 1 atom stereocenters. The van der Waals surface area contributed by atoms with E-state index in [4.69, 9.17) is 4.74 Å².